The van der Waals surface area contributed by atoms with Crippen LogP contribution in [0.15, 0.2) is 36.4 Å². The molecule has 20 heavy (non-hydrogen) atoms. The highest BCUT2D eigenvalue weighted by Gasteiger charge is 2.08. The Morgan fingerprint density at radius 3 is 2.70 bits per heavy atom. The van der Waals surface area contributed by atoms with E-state index in [1.165, 1.54) is 16.7 Å². The van der Waals surface area contributed by atoms with Crippen LogP contribution in [0.2, 0.25) is 5.02 Å². The quantitative estimate of drug-likeness (QED) is 0.902. The molecule has 3 nitrogen and oxygen atoms in total. The van der Waals surface area contributed by atoms with E-state index in [0.29, 0.717) is 17.1 Å². The summed E-state index contributed by atoms with van der Waals surface area (Å²) in [5.74, 6) is -0.523. The van der Waals surface area contributed by atoms with Crippen LogP contribution in [0.3, 0.4) is 0 Å². The summed E-state index contributed by atoms with van der Waals surface area (Å²) in [6, 6.07) is 11.4. The molecule has 0 unspecified atom stereocenters. The van der Waals surface area contributed by atoms with Crippen molar-refractivity contribution < 1.29 is 4.79 Å². The molecule has 0 aliphatic heterocycles. The number of primary amides is 1. The van der Waals surface area contributed by atoms with E-state index in [1.54, 1.807) is 12.1 Å². The van der Waals surface area contributed by atoms with Crippen molar-refractivity contribution in [2.75, 3.05) is 5.32 Å². The lowest BCUT2D eigenvalue weighted by Gasteiger charge is -2.12. The number of hydrogen-bond acceptors (Lipinski definition) is 2. The molecule has 0 bridgehead atoms. The molecular formula is C16H17ClN2O. The fourth-order valence-electron chi connectivity index (χ4n) is 2.02. The van der Waals surface area contributed by atoms with Gasteiger partial charge in [0.25, 0.3) is 0 Å². The molecule has 0 radical (unpaired) electrons. The van der Waals surface area contributed by atoms with Gasteiger partial charge in [-0.15, -0.1) is 0 Å². The van der Waals surface area contributed by atoms with Gasteiger partial charge in [0.1, 0.15) is 0 Å². The summed E-state index contributed by atoms with van der Waals surface area (Å²) in [5.41, 5.74) is 10.2. The van der Waals surface area contributed by atoms with Gasteiger partial charge >= 0.3 is 0 Å². The Bertz CT molecular complexity index is 653. The lowest BCUT2D eigenvalue weighted by atomic mass is 10.0. The molecule has 2 aromatic rings. The van der Waals surface area contributed by atoms with Crippen molar-refractivity contribution in [2.24, 2.45) is 5.73 Å². The van der Waals surface area contributed by atoms with Crippen molar-refractivity contribution in [2.45, 2.75) is 20.4 Å². The van der Waals surface area contributed by atoms with Gasteiger partial charge in [-0.1, -0.05) is 29.8 Å². The summed E-state index contributed by atoms with van der Waals surface area (Å²) in [4.78, 5) is 11.3. The number of nitrogens with two attached hydrogens (primary N) is 1. The second-order valence-corrected chi connectivity index (χ2v) is 5.18. The molecule has 0 saturated heterocycles. The predicted molar refractivity (Wildman–Crippen MR) is 83.2 cm³/mol. The van der Waals surface area contributed by atoms with Gasteiger partial charge in [0, 0.05) is 12.2 Å². The molecule has 0 saturated carbocycles. The number of carbonyl (C=O) groups is 1. The molecule has 0 fully saturated rings. The minimum absolute atomic E-state index is 0.331. The van der Waals surface area contributed by atoms with Crippen LogP contribution in [-0.4, -0.2) is 5.91 Å². The van der Waals surface area contributed by atoms with E-state index < -0.39 is 5.91 Å². The number of hydrogen-bond donors (Lipinski definition) is 2. The maximum Gasteiger partial charge on any atom is 0.250 e. The number of rotatable bonds is 4. The monoisotopic (exact) mass is 288 g/mol. The van der Waals surface area contributed by atoms with Gasteiger partial charge in [-0.2, -0.15) is 0 Å². The van der Waals surface area contributed by atoms with E-state index in [9.17, 15) is 4.79 Å². The van der Waals surface area contributed by atoms with Crippen LogP contribution in [0.25, 0.3) is 0 Å². The Labute approximate surface area is 123 Å². The molecule has 0 atom stereocenters. The average Bonchev–Trinajstić information content (AvgIpc) is 2.41. The summed E-state index contributed by atoms with van der Waals surface area (Å²) < 4.78 is 0. The van der Waals surface area contributed by atoms with Gasteiger partial charge in [-0.3, -0.25) is 4.79 Å². The minimum Gasteiger partial charge on any atom is -0.381 e. The summed E-state index contributed by atoms with van der Waals surface area (Å²) in [7, 11) is 0. The van der Waals surface area contributed by atoms with Gasteiger partial charge in [-0.05, 0) is 48.7 Å². The third-order valence-electron chi connectivity index (χ3n) is 3.43. The molecule has 0 spiro atoms. The highest BCUT2D eigenvalue weighted by Crippen LogP contribution is 2.21. The van der Waals surface area contributed by atoms with E-state index in [0.717, 1.165) is 5.69 Å². The SMILES string of the molecule is Cc1cccc(CNc2ccc(Cl)c(C(N)=O)c2)c1C. The van der Waals surface area contributed by atoms with E-state index in [1.807, 2.05) is 12.1 Å². The zero-order valence-corrected chi connectivity index (χ0v) is 12.3. The van der Waals surface area contributed by atoms with Crippen molar-refractivity contribution in [3.05, 3.63) is 63.7 Å². The summed E-state index contributed by atoms with van der Waals surface area (Å²) in [6.07, 6.45) is 0. The predicted octanol–water partition coefficient (Wildman–Crippen LogP) is 3.67. The molecule has 0 aromatic heterocycles. The molecule has 3 N–H and O–H groups in total. The van der Waals surface area contributed by atoms with Crippen molar-refractivity contribution in [3.8, 4) is 0 Å². The zero-order chi connectivity index (χ0) is 14.7. The maximum atomic E-state index is 11.3. The first-order valence-electron chi connectivity index (χ1n) is 6.37. The summed E-state index contributed by atoms with van der Waals surface area (Å²) >= 11 is 5.93. The molecule has 2 aromatic carbocycles. The second kappa shape index (κ2) is 5.97. The molecule has 0 aliphatic carbocycles. The maximum absolute atomic E-state index is 11.3. The third kappa shape index (κ3) is 3.11. The second-order valence-electron chi connectivity index (χ2n) is 4.77. The van der Waals surface area contributed by atoms with Crippen molar-refractivity contribution >= 4 is 23.2 Å². The van der Waals surface area contributed by atoms with Crippen LogP contribution < -0.4 is 11.1 Å². The number of aryl methyl sites for hydroxylation is 1. The fourth-order valence-corrected chi connectivity index (χ4v) is 2.24. The molecule has 0 heterocycles. The Balaban J connectivity index is 2.17. The van der Waals surface area contributed by atoms with Crippen LogP contribution in [0.1, 0.15) is 27.0 Å². The largest absolute Gasteiger partial charge is 0.381 e. The van der Waals surface area contributed by atoms with Crippen LogP contribution in [0.4, 0.5) is 5.69 Å². The Kier molecular flexibility index (Phi) is 4.30. The fraction of sp³-hybridized carbons (Fsp3) is 0.188. The van der Waals surface area contributed by atoms with Gasteiger partial charge < -0.3 is 11.1 Å². The zero-order valence-electron chi connectivity index (χ0n) is 11.5. The van der Waals surface area contributed by atoms with Crippen LogP contribution in [0.5, 0.6) is 0 Å². The average molecular weight is 289 g/mol. The third-order valence-corrected chi connectivity index (χ3v) is 3.76. The summed E-state index contributed by atoms with van der Waals surface area (Å²) in [6.45, 7) is 4.88. The first-order valence-corrected chi connectivity index (χ1v) is 6.75. The Morgan fingerprint density at radius 2 is 2.00 bits per heavy atom. The van der Waals surface area contributed by atoms with Crippen molar-refractivity contribution in [1.82, 2.24) is 0 Å². The highest BCUT2D eigenvalue weighted by atomic mass is 35.5. The van der Waals surface area contributed by atoms with Gasteiger partial charge in [0.05, 0.1) is 10.6 Å². The molecular weight excluding hydrogens is 272 g/mol. The number of benzene rings is 2. The molecule has 1 amide bonds. The number of nitrogens with one attached hydrogen (secondary N) is 1. The lowest BCUT2D eigenvalue weighted by Crippen LogP contribution is -2.12. The normalized spacial score (nSPS) is 10.3. The standard InChI is InChI=1S/C16H17ClN2O/c1-10-4-3-5-12(11(10)2)9-19-13-6-7-15(17)14(8-13)16(18)20/h3-8,19H,9H2,1-2H3,(H2,18,20). The topological polar surface area (TPSA) is 55.1 Å². The highest BCUT2D eigenvalue weighted by molar-refractivity contribution is 6.33. The number of anilines is 1. The van der Waals surface area contributed by atoms with E-state index in [-0.39, 0.29) is 0 Å². The van der Waals surface area contributed by atoms with E-state index >= 15 is 0 Å². The molecule has 104 valence electrons. The minimum atomic E-state index is -0.523. The first-order chi connectivity index (χ1) is 9.49. The number of halogens is 1. The Hall–Kier alpha value is -2.00. The van der Waals surface area contributed by atoms with Crippen LogP contribution >= 0.6 is 11.6 Å². The molecule has 4 heteroatoms. The van der Waals surface area contributed by atoms with Crippen molar-refractivity contribution in [1.29, 1.82) is 0 Å². The van der Waals surface area contributed by atoms with Crippen molar-refractivity contribution in [3.63, 3.8) is 0 Å². The van der Waals surface area contributed by atoms with Crippen LogP contribution in [0, 0.1) is 13.8 Å². The lowest BCUT2D eigenvalue weighted by molar-refractivity contribution is 0.100. The summed E-state index contributed by atoms with van der Waals surface area (Å²) in [5, 5.41) is 3.66. The van der Waals surface area contributed by atoms with E-state index in [4.69, 9.17) is 17.3 Å². The van der Waals surface area contributed by atoms with E-state index in [2.05, 4.69) is 31.3 Å². The number of carbonyl (C=O) groups excluding carboxylic acids is 1. The van der Waals surface area contributed by atoms with Gasteiger partial charge in [0.15, 0.2) is 0 Å². The Morgan fingerprint density at radius 1 is 1.25 bits per heavy atom. The molecule has 2 rings (SSSR count). The first kappa shape index (κ1) is 14.4. The van der Waals surface area contributed by atoms with Crippen LogP contribution in [-0.2, 0) is 6.54 Å². The molecule has 0 aliphatic rings. The number of amides is 1. The smallest absolute Gasteiger partial charge is 0.250 e. The van der Waals surface area contributed by atoms with Gasteiger partial charge in [-0.25, -0.2) is 0 Å². The van der Waals surface area contributed by atoms with Gasteiger partial charge in [0.2, 0.25) is 5.91 Å².